The number of hydrogen-bond acceptors (Lipinski definition) is 4. The van der Waals surface area contributed by atoms with Gasteiger partial charge < -0.3 is 14.5 Å². The minimum absolute atomic E-state index is 0.00573. The molecule has 1 aliphatic rings. The van der Waals surface area contributed by atoms with E-state index in [9.17, 15) is 22.4 Å². The molecule has 0 spiro atoms. The Balaban J connectivity index is 1.38. The fraction of sp³-hybridized carbons (Fsp3) is 0.448. The molecule has 1 fully saturated rings. The third-order valence-corrected chi connectivity index (χ3v) is 12.3. The predicted molar refractivity (Wildman–Crippen MR) is 144 cm³/mol. The maximum Gasteiger partial charge on any atom is 0.419 e. The first-order valence-electron chi connectivity index (χ1n) is 13.1. The van der Waals surface area contributed by atoms with Crippen LogP contribution in [0.2, 0.25) is 18.1 Å². The van der Waals surface area contributed by atoms with Crippen LogP contribution < -0.4 is 10.1 Å². The molecule has 0 aliphatic heterocycles. The molecule has 3 aromatic rings. The van der Waals surface area contributed by atoms with Gasteiger partial charge in [0.25, 0.3) is 0 Å². The van der Waals surface area contributed by atoms with Crippen molar-refractivity contribution in [3.05, 3.63) is 71.1 Å². The number of aromatic nitrogens is 1. The lowest BCUT2D eigenvalue weighted by Crippen LogP contribution is -2.49. The van der Waals surface area contributed by atoms with Crippen LogP contribution in [-0.4, -0.2) is 31.4 Å². The monoisotopic (exact) mass is 580 g/mol. The lowest BCUT2D eigenvalue weighted by atomic mass is 9.88. The summed E-state index contributed by atoms with van der Waals surface area (Å²) in [7, 11) is -2.08. The molecule has 1 saturated carbocycles. The van der Waals surface area contributed by atoms with Gasteiger partial charge in [-0.25, -0.2) is 8.78 Å². The Bertz CT molecular complexity index is 1400. The Kier molecular flexibility index (Phi) is 8.29. The summed E-state index contributed by atoms with van der Waals surface area (Å²) in [5.74, 6) is -2.35. The van der Waals surface area contributed by atoms with Crippen LogP contribution in [0.3, 0.4) is 0 Å². The molecule has 11 heteroatoms. The summed E-state index contributed by atoms with van der Waals surface area (Å²) in [5, 5.41) is 4.14. The Morgan fingerprint density at radius 1 is 1.05 bits per heavy atom. The molecule has 1 N–H and O–H groups in total. The van der Waals surface area contributed by atoms with Crippen LogP contribution in [0.1, 0.15) is 50.3 Å². The van der Waals surface area contributed by atoms with E-state index in [0.29, 0.717) is 29.9 Å². The van der Waals surface area contributed by atoms with E-state index in [4.69, 9.17) is 9.16 Å². The van der Waals surface area contributed by atoms with Crippen molar-refractivity contribution < 1.29 is 35.9 Å². The summed E-state index contributed by atoms with van der Waals surface area (Å²) in [4.78, 5) is 17.0. The zero-order valence-electron chi connectivity index (χ0n) is 23.1. The summed E-state index contributed by atoms with van der Waals surface area (Å²) in [5.41, 5.74) is -0.469. The van der Waals surface area contributed by atoms with E-state index in [0.717, 1.165) is 17.5 Å². The highest BCUT2D eigenvalue weighted by molar-refractivity contribution is 6.74. The zero-order valence-corrected chi connectivity index (χ0v) is 24.1. The van der Waals surface area contributed by atoms with Gasteiger partial charge in [0.1, 0.15) is 23.5 Å². The molecule has 1 amide bonds. The van der Waals surface area contributed by atoms with Crippen molar-refractivity contribution in [2.24, 2.45) is 0 Å². The number of fused-ring (bicyclic) bond motifs is 1. The second kappa shape index (κ2) is 11.1. The van der Waals surface area contributed by atoms with Gasteiger partial charge in [0.05, 0.1) is 18.6 Å². The number of nitrogens with zero attached hydrogens (tertiary/aromatic N) is 1. The molecule has 40 heavy (non-hydrogen) atoms. The van der Waals surface area contributed by atoms with Crippen LogP contribution in [0.5, 0.6) is 5.75 Å². The van der Waals surface area contributed by atoms with E-state index >= 15 is 4.39 Å². The number of alkyl halides is 3. The Morgan fingerprint density at radius 2 is 1.75 bits per heavy atom. The molecule has 1 heterocycles. The average Bonchev–Trinajstić information content (AvgIpc) is 2.83. The molecular weight excluding hydrogens is 547 g/mol. The van der Waals surface area contributed by atoms with Gasteiger partial charge in [-0.1, -0.05) is 20.8 Å². The van der Waals surface area contributed by atoms with Gasteiger partial charge in [-0.05, 0) is 59.4 Å². The quantitative estimate of drug-likeness (QED) is 0.224. The maximum absolute atomic E-state index is 15.3. The number of hydrogen-bond donors (Lipinski definition) is 1. The SMILES string of the molecule is CC(C)(C)[Si](C)(C)OCc1cc(F)c(CC(=O)N[C@H]2C[C@H](Oc3ccc(F)c(C(F)(F)F)c3)C2)c2ccncc12. The molecule has 0 saturated heterocycles. The number of amides is 1. The van der Waals surface area contributed by atoms with Gasteiger partial charge in [0.2, 0.25) is 5.91 Å². The van der Waals surface area contributed by atoms with E-state index in [1.54, 1.807) is 18.5 Å². The van der Waals surface area contributed by atoms with Gasteiger partial charge in [-0.15, -0.1) is 0 Å². The second-order valence-electron chi connectivity index (χ2n) is 11.8. The number of nitrogens with one attached hydrogen (secondary N) is 1. The van der Waals surface area contributed by atoms with E-state index in [2.05, 4.69) is 44.2 Å². The molecule has 1 aromatic heterocycles. The largest absolute Gasteiger partial charge is 0.490 e. The topological polar surface area (TPSA) is 60.5 Å². The molecular formula is C29H33F5N2O3Si. The van der Waals surface area contributed by atoms with E-state index in [1.165, 1.54) is 6.07 Å². The normalized spacial score (nSPS) is 17.9. The van der Waals surface area contributed by atoms with Crippen molar-refractivity contribution in [2.75, 3.05) is 0 Å². The first-order chi connectivity index (χ1) is 18.5. The van der Waals surface area contributed by atoms with Crippen LogP contribution in [0.15, 0.2) is 42.7 Å². The lowest BCUT2D eigenvalue weighted by molar-refractivity contribution is -0.140. The molecule has 5 nitrogen and oxygen atoms in total. The molecule has 216 valence electrons. The van der Waals surface area contributed by atoms with Gasteiger partial charge in [-0.3, -0.25) is 9.78 Å². The van der Waals surface area contributed by atoms with Gasteiger partial charge in [0.15, 0.2) is 8.32 Å². The summed E-state index contributed by atoms with van der Waals surface area (Å²) in [6, 6.07) is 5.31. The number of carbonyl (C=O) groups excluding carboxylic acids is 1. The minimum atomic E-state index is -4.83. The number of benzene rings is 2. The summed E-state index contributed by atoms with van der Waals surface area (Å²) < 4.78 is 79.5. The molecule has 0 radical (unpaired) electrons. The smallest absolute Gasteiger partial charge is 0.419 e. The number of pyridine rings is 1. The van der Waals surface area contributed by atoms with Crippen molar-refractivity contribution in [1.82, 2.24) is 10.3 Å². The zero-order chi connectivity index (χ0) is 29.5. The van der Waals surface area contributed by atoms with Crippen molar-refractivity contribution in [1.29, 1.82) is 0 Å². The lowest BCUT2D eigenvalue weighted by Gasteiger charge is -2.36. The fourth-order valence-corrected chi connectivity index (χ4v) is 5.29. The first kappa shape index (κ1) is 29.9. The maximum atomic E-state index is 15.3. The third kappa shape index (κ3) is 6.63. The highest BCUT2D eigenvalue weighted by Gasteiger charge is 2.38. The van der Waals surface area contributed by atoms with Crippen molar-refractivity contribution >= 4 is 25.0 Å². The second-order valence-corrected chi connectivity index (χ2v) is 16.6. The van der Waals surface area contributed by atoms with Crippen molar-refractivity contribution in [2.45, 2.75) is 83.1 Å². The Labute approximate surface area is 231 Å². The Morgan fingerprint density at radius 3 is 2.40 bits per heavy atom. The summed E-state index contributed by atoms with van der Waals surface area (Å²) >= 11 is 0. The van der Waals surface area contributed by atoms with Gasteiger partial charge in [0, 0.05) is 42.2 Å². The molecule has 0 unspecified atom stereocenters. The number of halogens is 5. The van der Waals surface area contributed by atoms with Crippen molar-refractivity contribution in [3.8, 4) is 5.75 Å². The highest BCUT2D eigenvalue weighted by Crippen LogP contribution is 2.38. The van der Waals surface area contributed by atoms with Crippen LogP contribution in [0, 0.1) is 11.6 Å². The van der Waals surface area contributed by atoms with E-state index < -0.39 is 37.8 Å². The molecule has 0 atom stereocenters. The minimum Gasteiger partial charge on any atom is -0.490 e. The van der Waals surface area contributed by atoms with Crippen LogP contribution in [0.25, 0.3) is 10.8 Å². The predicted octanol–water partition coefficient (Wildman–Crippen LogP) is 7.32. The molecule has 2 aromatic carbocycles. The van der Waals surface area contributed by atoms with Crippen LogP contribution >= 0.6 is 0 Å². The molecule has 1 aliphatic carbocycles. The van der Waals surface area contributed by atoms with Crippen LogP contribution in [0.4, 0.5) is 22.0 Å². The standard InChI is InChI=1S/C29H33F5N2O3Si/c1-28(2,3)40(4,5)38-16-17-10-26(31)22(21-8-9-35-15-23(17)21)14-27(37)36-18-11-20(12-18)39-19-6-7-25(30)24(13-19)29(32,33)34/h6-10,13,15,18,20H,11-12,14,16H2,1-5H3,(H,36,37)/t18-,20-. The highest BCUT2D eigenvalue weighted by atomic mass is 28.4. The third-order valence-electron chi connectivity index (χ3n) is 7.82. The van der Waals surface area contributed by atoms with Gasteiger partial charge in [-0.2, -0.15) is 13.2 Å². The Hall–Kier alpha value is -3.05. The van der Waals surface area contributed by atoms with E-state index in [1.807, 2.05) is 0 Å². The number of rotatable bonds is 8. The molecule has 4 rings (SSSR count). The average molecular weight is 581 g/mol. The van der Waals surface area contributed by atoms with Gasteiger partial charge >= 0.3 is 6.18 Å². The molecule has 0 bridgehead atoms. The number of ether oxygens (including phenoxy) is 1. The van der Waals surface area contributed by atoms with Crippen LogP contribution in [-0.2, 0) is 28.4 Å². The first-order valence-corrected chi connectivity index (χ1v) is 16.0. The van der Waals surface area contributed by atoms with Crippen molar-refractivity contribution in [3.63, 3.8) is 0 Å². The summed E-state index contributed by atoms with van der Waals surface area (Å²) in [6.07, 6.45) is -1.53. The summed E-state index contributed by atoms with van der Waals surface area (Å²) in [6.45, 7) is 10.9. The van der Waals surface area contributed by atoms with E-state index in [-0.39, 0.29) is 41.3 Å². The number of carbonyl (C=O) groups is 1. The fourth-order valence-electron chi connectivity index (χ4n) is 4.34.